The third-order valence-electron chi connectivity index (χ3n) is 2.59. The molecular weight excluding hydrogens is 248 g/mol. The molecule has 1 rings (SSSR count). The molecule has 0 bridgehead atoms. The van der Waals surface area contributed by atoms with Gasteiger partial charge in [0.05, 0.1) is 6.10 Å². The van der Waals surface area contributed by atoms with E-state index in [1.54, 1.807) is 18.3 Å². The summed E-state index contributed by atoms with van der Waals surface area (Å²) in [6, 6.07) is 4.00. The summed E-state index contributed by atoms with van der Waals surface area (Å²) in [5.74, 6) is 0.422. The van der Waals surface area contributed by atoms with Gasteiger partial charge in [-0.1, -0.05) is 13.0 Å². The zero-order chi connectivity index (χ0) is 13.4. The van der Waals surface area contributed by atoms with Crippen LogP contribution in [0.1, 0.15) is 25.1 Å². The van der Waals surface area contributed by atoms with Gasteiger partial charge in [-0.15, -0.1) is 11.3 Å². The van der Waals surface area contributed by atoms with E-state index in [2.05, 4.69) is 29.0 Å². The van der Waals surface area contributed by atoms with Gasteiger partial charge < -0.3 is 15.7 Å². The van der Waals surface area contributed by atoms with Crippen LogP contribution in [0.15, 0.2) is 17.5 Å². The Morgan fingerprint density at radius 3 is 2.83 bits per heavy atom. The number of aliphatic hydroxyl groups is 1. The van der Waals surface area contributed by atoms with Crippen LogP contribution in [0.25, 0.3) is 0 Å². The monoisotopic (exact) mass is 270 g/mol. The number of carbonyl (C=O) groups is 1. The van der Waals surface area contributed by atoms with Gasteiger partial charge in [-0.25, -0.2) is 4.79 Å². The first-order valence-corrected chi connectivity index (χ1v) is 7.18. The number of aliphatic hydroxyl groups excluding tert-OH is 1. The summed E-state index contributed by atoms with van der Waals surface area (Å²) < 4.78 is 0. The van der Waals surface area contributed by atoms with Crippen LogP contribution in [0, 0.1) is 5.92 Å². The number of carbonyl (C=O) groups excluding carboxylic acids is 1. The Kier molecular flexibility index (Phi) is 6.75. The van der Waals surface area contributed by atoms with E-state index >= 15 is 0 Å². The molecule has 2 unspecified atom stereocenters. The van der Waals surface area contributed by atoms with Crippen molar-refractivity contribution in [3.63, 3.8) is 0 Å². The van der Waals surface area contributed by atoms with Gasteiger partial charge in [0.25, 0.3) is 0 Å². The van der Waals surface area contributed by atoms with E-state index in [-0.39, 0.29) is 12.1 Å². The third-order valence-corrected chi connectivity index (χ3v) is 3.49. The standard InChI is InChI=1S/C13H22N2O2S/c1-10(8-12-4-3-7-18-12)9-15-13(17)14-6-5-11(2)16/h3-4,7,10-11,16H,5-6,8-9H2,1-2H3,(H2,14,15,17). The first-order valence-electron chi connectivity index (χ1n) is 6.30. The van der Waals surface area contributed by atoms with Crippen LogP contribution in [0.3, 0.4) is 0 Å². The van der Waals surface area contributed by atoms with Crippen LogP contribution in [0.4, 0.5) is 4.79 Å². The van der Waals surface area contributed by atoms with Gasteiger partial charge >= 0.3 is 6.03 Å². The molecule has 0 fully saturated rings. The van der Waals surface area contributed by atoms with E-state index in [1.165, 1.54) is 4.88 Å². The highest BCUT2D eigenvalue weighted by molar-refractivity contribution is 7.09. The molecular formula is C13H22N2O2S. The summed E-state index contributed by atoms with van der Waals surface area (Å²) in [4.78, 5) is 12.8. The van der Waals surface area contributed by atoms with Crippen molar-refractivity contribution in [1.82, 2.24) is 10.6 Å². The van der Waals surface area contributed by atoms with Gasteiger partial charge in [-0.05, 0) is 37.1 Å². The van der Waals surface area contributed by atoms with Crippen molar-refractivity contribution < 1.29 is 9.90 Å². The normalized spacial score (nSPS) is 13.9. The van der Waals surface area contributed by atoms with Crippen LogP contribution in [-0.4, -0.2) is 30.3 Å². The number of rotatable bonds is 7. The number of hydrogen-bond donors (Lipinski definition) is 3. The highest BCUT2D eigenvalue weighted by Gasteiger charge is 2.07. The van der Waals surface area contributed by atoms with E-state index < -0.39 is 0 Å². The van der Waals surface area contributed by atoms with E-state index in [9.17, 15) is 4.79 Å². The highest BCUT2D eigenvalue weighted by Crippen LogP contribution is 2.13. The molecule has 1 aromatic heterocycles. The van der Waals surface area contributed by atoms with Crippen molar-refractivity contribution >= 4 is 17.4 Å². The van der Waals surface area contributed by atoms with E-state index in [0.29, 0.717) is 25.4 Å². The summed E-state index contributed by atoms with van der Waals surface area (Å²) in [6.07, 6.45) is 1.20. The maximum atomic E-state index is 11.4. The van der Waals surface area contributed by atoms with Crippen molar-refractivity contribution in [1.29, 1.82) is 0 Å². The van der Waals surface area contributed by atoms with Gasteiger partial charge in [0.15, 0.2) is 0 Å². The zero-order valence-electron chi connectivity index (χ0n) is 11.0. The zero-order valence-corrected chi connectivity index (χ0v) is 11.8. The van der Waals surface area contributed by atoms with Crippen LogP contribution in [-0.2, 0) is 6.42 Å². The number of urea groups is 1. The van der Waals surface area contributed by atoms with Crippen LogP contribution < -0.4 is 10.6 Å². The van der Waals surface area contributed by atoms with Crippen molar-refractivity contribution in [2.75, 3.05) is 13.1 Å². The lowest BCUT2D eigenvalue weighted by molar-refractivity contribution is 0.183. The molecule has 0 saturated carbocycles. The third kappa shape index (κ3) is 6.61. The van der Waals surface area contributed by atoms with Gasteiger partial charge in [0.2, 0.25) is 0 Å². The molecule has 1 heterocycles. The predicted octanol–water partition coefficient (Wildman–Crippen LogP) is 2.00. The minimum Gasteiger partial charge on any atom is -0.393 e. The maximum Gasteiger partial charge on any atom is 0.314 e. The number of nitrogens with one attached hydrogen (secondary N) is 2. The van der Waals surface area contributed by atoms with Crippen molar-refractivity contribution in [3.8, 4) is 0 Å². The fraction of sp³-hybridized carbons (Fsp3) is 0.615. The van der Waals surface area contributed by atoms with E-state index in [0.717, 1.165) is 6.42 Å². The molecule has 18 heavy (non-hydrogen) atoms. The Morgan fingerprint density at radius 1 is 1.44 bits per heavy atom. The van der Waals surface area contributed by atoms with Gasteiger partial charge in [0, 0.05) is 18.0 Å². The Morgan fingerprint density at radius 2 is 2.22 bits per heavy atom. The molecule has 0 radical (unpaired) electrons. The molecule has 3 N–H and O–H groups in total. The second kappa shape index (κ2) is 8.11. The summed E-state index contributed by atoms with van der Waals surface area (Å²) in [5.41, 5.74) is 0. The first kappa shape index (κ1) is 15.0. The highest BCUT2D eigenvalue weighted by atomic mass is 32.1. The Labute approximate surface area is 112 Å². The predicted molar refractivity (Wildman–Crippen MR) is 74.9 cm³/mol. The lowest BCUT2D eigenvalue weighted by atomic mass is 10.1. The second-order valence-electron chi connectivity index (χ2n) is 4.66. The molecule has 0 saturated heterocycles. The summed E-state index contributed by atoms with van der Waals surface area (Å²) in [7, 11) is 0. The minimum atomic E-state index is -0.372. The van der Waals surface area contributed by atoms with Crippen molar-refractivity contribution in [3.05, 3.63) is 22.4 Å². The van der Waals surface area contributed by atoms with E-state index in [1.807, 2.05) is 6.07 Å². The molecule has 102 valence electrons. The SMILES string of the molecule is CC(O)CCNC(=O)NCC(C)Cc1cccs1. The molecule has 0 aromatic carbocycles. The summed E-state index contributed by atoms with van der Waals surface area (Å²) in [6.45, 7) is 5.00. The average molecular weight is 270 g/mol. The van der Waals surface area contributed by atoms with Gasteiger partial charge in [-0.2, -0.15) is 0 Å². The molecule has 5 heteroatoms. The smallest absolute Gasteiger partial charge is 0.314 e. The lowest BCUT2D eigenvalue weighted by Crippen LogP contribution is -2.39. The van der Waals surface area contributed by atoms with E-state index in [4.69, 9.17) is 5.11 Å². The van der Waals surface area contributed by atoms with Crippen LogP contribution in [0.5, 0.6) is 0 Å². The molecule has 2 amide bonds. The fourth-order valence-corrected chi connectivity index (χ4v) is 2.44. The van der Waals surface area contributed by atoms with Gasteiger partial charge in [0.1, 0.15) is 0 Å². The molecule has 0 aliphatic carbocycles. The lowest BCUT2D eigenvalue weighted by Gasteiger charge is -2.13. The molecule has 0 spiro atoms. The number of hydrogen-bond acceptors (Lipinski definition) is 3. The van der Waals surface area contributed by atoms with Crippen molar-refractivity contribution in [2.45, 2.75) is 32.8 Å². The fourth-order valence-electron chi connectivity index (χ4n) is 1.57. The molecule has 4 nitrogen and oxygen atoms in total. The largest absolute Gasteiger partial charge is 0.393 e. The first-order chi connectivity index (χ1) is 8.58. The van der Waals surface area contributed by atoms with Crippen molar-refractivity contribution in [2.24, 2.45) is 5.92 Å². The Hall–Kier alpha value is -1.07. The molecule has 0 aliphatic heterocycles. The minimum absolute atomic E-state index is 0.159. The van der Waals surface area contributed by atoms with Crippen LogP contribution >= 0.6 is 11.3 Å². The summed E-state index contributed by atoms with van der Waals surface area (Å²) in [5, 5.41) is 16.7. The Balaban J connectivity index is 2.10. The average Bonchev–Trinajstić information content (AvgIpc) is 2.78. The summed E-state index contributed by atoms with van der Waals surface area (Å²) >= 11 is 1.75. The number of thiophene rings is 1. The second-order valence-corrected chi connectivity index (χ2v) is 5.70. The van der Waals surface area contributed by atoms with Gasteiger partial charge in [-0.3, -0.25) is 0 Å². The quantitative estimate of drug-likeness (QED) is 0.709. The topological polar surface area (TPSA) is 61.4 Å². The maximum absolute atomic E-state index is 11.4. The Bertz CT molecular complexity index is 339. The molecule has 1 aromatic rings. The molecule has 2 atom stereocenters. The number of amides is 2. The van der Waals surface area contributed by atoms with Crippen LogP contribution in [0.2, 0.25) is 0 Å². The molecule has 0 aliphatic rings.